The highest BCUT2D eigenvalue weighted by atomic mass is 35.5. The largest absolute Gasteiger partial charge is 0.241 e. The fourth-order valence-electron chi connectivity index (χ4n) is 1.14. The first-order valence-electron chi connectivity index (χ1n) is 4.24. The zero-order chi connectivity index (χ0) is 8.39. The smallest absolute Gasteiger partial charge is 0.128 e. The molecule has 1 aliphatic carbocycles. The summed E-state index contributed by atoms with van der Waals surface area (Å²) in [4.78, 5) is 8.47. The van der Waals surface area contributed by atoms with Gasteiger partial charge in [-0.05, 0) is 18.8 Å². The Morgan fingerprint density at radius 2 is 2.00 bits per heavy atom. The summed E-state index contributed by atoms with van der Waals surface area (Å²) in [5.74, 6) is 2.32. The molecule has 0 spiro atoms. The van der Waals surface area contributed by atoms with Crippen molar-refractivity contribution < 1.29 is 0 Å². The quantitative estimate of drug-likeness (QED) is 0.670. The normalized spacial score (nSPS) is 16.4. The molecule has 1 aromatic rings. The van der Waals surface area contributed by atoms with E-state index in [0.717, 1.165) is 23.7 Å². The topological polar surface area (TPSA) is 25.8 Å². The molecule has 1 fully saturated rings. The zero-order valence-electron chi connectivity index (χ0n) is 6.83. The zero-order valence-corrected chi connectivity index (χ0v) is 7.59. The predicted octanol–water partition coefficient (Wildman–Crippen LogP) is 2.17. The highest BCUT2D eigenvalue weighted by Crippen LogP contribution is 2.31. The molecule has 0 radical (unpaired) electrons. The summed E-state index contributed by atoms with van der Waals surface area (Å²) in [6.45, 7) is 0. The third kappa shape index (κ3) is 1.95. The molecule has 0 saturated heterocycles. The standard InChI is InChI=1S/C9H11ClN2/c10-4-8-5-11-9(12-6-8)3-7-1-2-7/h5-7H,1-4H2. The molecule has 1 heterocycles. The monoisotopic (exact) mass is 182 g/mol. The lowest BCUT2D eigenvalue weighted by Gasteiger charge is -1.97. The molecule has 12 heavy (non-hydrogen) atoms. The number of halogens is 1. The van der Waals surface area contributed by atoms with E-state index in [1.807, 2.05) is 12.4 Å². The minimum absolute atomic E-state index is 0.504. The van der Waals surface area contributed by atoms with Crippen LogP contribution in [0.4, 0.5) is 0 Å². The third-order valence-corrected chi connectivity index (χ3v) is 2.39. The number of nitrogens with zero attached hydrogens (tertiary/aromatic N) is 2. The fourth-order valence-corrected chi connectivity index (χ4v) is 1.27. The van der Waals surface area contributed by atoms with Crippen LogP contribution in [0, 0.1) is 5.92 Å². The number of alkyl halides is 1. The molecule has 64 valence electrons. The lowest BCUT2D eigenvalue weighted by Crippen LogP contribution is -1.96. The fraction of sp³-hybridized carbons (Fsp3) is 0.556. The van der Waals surface area contributed by atoms with Gasteiger partial charge in [-0.1, -0.05) is 0 Å². The summed E-state index contributed by atoms with van der Waals surface area (Å²) < 4.78 is 0. The van der Waals surface area contributed by atoms with Gasteiger partial charge >= 0.3 is 0 Å². The van der Waals surface area contributed by atoms with E-state index in [0.29, 0.717) is 5.88 Å². The van der Waals surface area contributed by atoms with Crippen LogP contribution in [0.3, 0.4) is 0 Å². The Labute approximate surface area is 77.0 Å². The van der Waals surface area contributed by atoms with Crippen LogP contribution in [-0.4, -0.2) is 9.97 Å². The second-order valence-electron chi connectivity index (χ2n) is 3.29. The summed E-state index contributed by atoms with van der Waals surface area (Å²) in [5.41, 5.74) is 0.996. The number of hydrogen-bond acceptors (Lipinski definition) is 2. The van der Waals surface area contributed by atoms with Crippen LogP contribution in [-0.2, 0) is 12.3 Å². The average molecular weight is 183 g/mol. The Morgan fingerprint density at radius 1 is 1.33 bits per heavy atom. The summed E-state index contributed by atoms with van der Waals surface area (Å²) in [6.07, 6.45) is 7.37. The van der Waals surface area contributed by atoms with Crippen molar-refractivity contribution in [3.63, 3.8) is 0 Å². The number of rotatable bonds is 3. The summed E-state index contributed by atoms with van der Waals surface area (Å²) in [7, 11) is 0. The number of hydrogen-bond donors (Lipinski definition) is 0. The molecule has 0 N–H and O–H groups in total. The minimum atomic E-state index is 0.504. The van der Waals surface area contributed by atoms with E-state index in [4.69, 9.17) is 11.6 Å². The van der Waals surface area contributed by atoms with Crippen molar-refractivity contribution in [3.8, 4) is 0 Å². The van der Waals surface area contributed by atoms with Crippen LogP contribution >= 0.6 is 11.6 Å². The molecule has 0 bridgehead atoms. The molecule has 0 amide bonds. The Morgan fingerprint density at radius 3 is 2.50 bits per heavy atom. The molecule has 2 nitrogen and oxygen atoms in total. The van der Waals surface area contributed by atoms with Gasteiger partial charge < -0.3 is 0 Å². The van der Waals surface area contributed by atoms with E-state index >= 15 is 0 Å². The Bertz CT molecular complexity index is 254. The first-order chi connectivity index (χ1) is 5.88. The van der Waals surface area contributed by atoms with E-state index in [1.54, 1.807) is 0 Å². The second-order valence-corrected chi connectivity index (χ2v) is 3.56. The van der Waals surface area contributed by atoms with Crippen LogP contribution in [0.15, 0.2) is 12.4 Å². The van der Waals surface area contributed by atoms with Crippen LogP contribution in [0.1, 0.15) is 24.2 Å². The molecule has 1 aliphatic rings. The lowest BCUT2D eigenvalue weighted by atomic mass is 10.3. The first-order valence-corrected chi connectivity index (χ1v) is 4.77. The first kappa shape index (κ1) is 7.99. The molecular formula is C9H11ClN2. The van der Waals surface area contributed by atoms with Crippen LogP contribution in [0.5, 0.6) is 0 Å². The molecule has 0 unspecified atom stereocenters. The Hall–Kier alpha value is -0.630. The van der Waals surface area contributed by atoms with E-state index in [9.17, 15) is 0 Å². The van der Waals surface area contributed by atoms with Crippen LogP contribution in [0.25, 0.3) is 0 Å². The maximum atomic E-state index is 5.62. The minimum Gasteiger partial charge on any atom is -0.241 e. The maximum absolute atomic E-state index is 5.62. The third-order valence-electron chi connectivity index (χ3n) is 2.08. The lowest BCUT2D eigenvalue weighted by molar-refractivity contribution is 0.766. The molecule has 0 atom stereocenters. The van der Waals surface area contributed by atoms with Gasteiger partial charge in [0.2, 0.25) is 0 Å². The van der Waals surface area contributed by atoms with Gasteiger partial charge in [0.05, 0.1) is 5.88 Å². The van der Waals surface area contributed by atoms with Gasteiger partial charge in [0.15, 0.2) is 0 Å². The average Bonchev–Trinajstić information content (AvgIpc) is 2.90. The van der Waals surface area contributed by atoms with Crippen LogP contribution < -0.4 is 0 Å². The molecule has 0 aromatic carbocycles. The van der Waals surface area contributed by atoms with Gasteiger partial charge in [-0.25, -0.2) is 9.97 Å². The molecule has 1 saturated carbocycles. The van der Waals surface area contributed by atoms with Gasteiger partial charge in [-0.2, -0.15) is 0 Å². The van der Waals surface area contributed by atoms with Crippen molar-refractivity contribution in [2.45, 2.75) is 25.1 Å². The van der Waals surface area contributed by atoms with Gasteiger partial charge in [0.25, 0.3) is 0 Å². The van der Waals surface area contributed by atoms with Gasteiger partial charge in [-0.3, -0.25) is 0 Å². The van der Waals surface area contributed by atoms with Crippen LogP contribution in [0.2, 0.25) is 0 Å². The van der Waals surface area contributed by atoms with Crippen molar-refractivity contribution >= 4 is 11.6 Å². The second kappa shape index (κ2) is 3.40. The van der Waals surface area contributed by atoms with Gasteiger partial charge in [-0.15, -0.1) is 11.6 Å². The predicted molar refractivity (Wildman–Crippen MR) is 48.0 cm³/mol. The summed E-state index contributed by atoms with van der Waals surface area (Å²) in [5, 5.41) is 0. The van der Waals surface area contributed by atoms with Crippen molar-refractivity contribution in [2.24, 2.45) is 5.92 Å². The highest BCUT2D eigenvalue weighted by molar-refractivity contribution is 6.17. The molecular weight excluding hydrogens is 172 g/mol. The van der Waals surface area contributed by atoms with Crippen molar-refractivity contribution in [1.82, 2.24) is 9.97 Å². The van der Waals surface area contributed by atoms with E-state index < -0.39 is 0 Å². The summed E-state index contributed by atoms with van der Waals surface area (Å²) in [6, 6.07) is 0. The summed E-state index contributed by atoms with van der Waals surface area (Å²) >= 11 is 5.62. The van der Waals surface area contributed by atoms with E-state index in [-0.39, 0.29) is 0 Å². The van der Waals surface area contributed by atoms with Crippen molar-refractivity contribution in [3.05, 3.63) is 23.8 Å². The van der Waals surface area contributed by atoms with Crippen molar-refractivity contribution in [2.75, 3.05) is 0 Å². The molecule has 1 aromatic heterocycles. The Kier molecular flexibility index (Phi) is 2.26. The van der Waals surface area contributed by atoms with Gasteiger partial charge in [0, 0.05) is 24.4 Å². The van der Waals surface area contributed by atoms with E-state index in [1.165, 1.54) is 12.8 Å². The number of aromatic nitrogens is 2. The maximum Gasteiger partial charge on any atom is 0.128 e. The van der Waals surface area contributed by atoms with Gasteiger partial charge in [0.1, 0.15) is 5.82 Å². The van der Waals surface area contributed by atoms with E-state index in [2.05, 4.69) is 9.97 Å². The highest BCUT2D eigenvalue weighted by Gasteiger charge is 2.22. The SMILES string of the molecule is ClCc1cnc(CC2CC2)nc1. The molecule has 2 rings (SSSR count). The molecule has 0 aliphatic heterocycles. The molecule has 3 heteroatoms. The van der Waals surface area contributed by atoms with Crippen molar-refractivity contribution in [1.29, 1.82) is 0 Å². The Balaban J connectivity index is 2.02.